The first-order chi connectivity index (χ1) is 3.42. The van der Waals surface area contributed by atoms with Gasteiger partial charge < -0.3 is 33.1 Å². The van der Waals surface area contributed by atoms with Gasteiger partial charge >= 0.3 is 55.0 Å². The van der Waals surface area contributed by atoms with Gasteiger partial charge in [0, 0.05) is 0 Å². The summed E-state index contributed by atoms with van der Waals surface area (Å²) in [5.41, 5.74) is 0. The molecule has 0 aromatic rings. The molecule has 0 spiro atoms. The van der Waals surface area contributed by atoms with Crippen LogP contribution in [0.1, 0.15) is 2.85 Å². The van der Waals surface area contributed by atoms with Crippen LogP contribution in [0.5, 0.6) is 0 Å². The van der Waals surface area contributed by atoms with Gasteiger partial charge in [0.05, 0.1) is 0 Å². The molecule has 1 atom stereocenters. The molecule has 0 heterocycles. The molecule has 0 aliphatic rings. The smallest absolute Gasteiger partial charge is 1.00 e. The van der Waals surface area contributed by atoms with E-state index < -0.39 is 17.3 Å². The molecule has 0 saturated heterocycles. The normalized spacial score (nSPS) is 10.0. The van der Waals surface area contributed by atoms with E-state index in [2.05, 4.69) is 4.21 Å². The van der Waals surface area contributed by atoms with Crippen molar-refractivity contribution in [2.45, 2.75) is 0 Å². The molecule has 11 heavy (non-hydrogen) atoms. The molecule has 0 rings (SSSR count). The van der Waals surface area contributed by atoms with Crippen LogP contribution in [0.25, 0.3) is 0 Å². The second kappa shape index (κ2) is 9.39. The van der Waals surface area contributed by atoms with Gasteiger partial charge in [0.2, 0.25) is 0 Å². The predicted octanol–water partition coefficient (Wildman–Crippen LogP) is -4.37. The van der Waals surface area contributed by atoms with E-state index in [1.54, 1.807) is 0 Å². The summed E-state index contributed by atoms with van der Waals surface area (Å²) in [7, 11) is -8.19. The van der Waals surface area contributed by atoms with Gasteiger partial charge in [-0.15, -0.1) is 4.21 Å². The van der Waals surface area contributed by atoms with Crippen molar-refractivity contribution in [3.05, 3.63) is 0 Å². The standard InChI is InChI=1S/Ca.H3O6PSi.2H2O.2H/c;1-7(2)6-8(3,4)5;;;;/h;3-5H;2*1H2;;/q+2;;;;2*-1. The minimum atomic E-state index is -4.82. The van der Waals surface area contributed by atoms with E-state index in [1.165, 1.54) is 0 Å². The Morgan fingerprint density at radius 2 is 1.64 bits per heavy atom. The van der Waals surface area contributed by atoms with Gasteiger partial charge in [-0.25, -0.2) is 0 Å². The van der Waals surface area contributed by atoms with Gasteiger partial charge in [0.25, 0.3) is 0 Å². The molecule has 0 aliphatic carbocycles. The summed E-state index contributed by atoms with van der Waals surface area (Å²) >= 11 is 0. The Labute approximate surface area is 96.5 Å². The van der Waals surface area contributed by atoms with Crippen molar-refractivity contribution in [1.82, 2.24) is 0 Å². The quantitative estimate of drug-likeness (QED) is 0.322. The van der Waals surface area contributed by atoms with Crippen molar-refractivity contribution in [2.75, 3.05) is 0 Å². The van der Waals surface area contributed by atoms with Gasteiger partial charge in [-0.1, -0.05) is 0 Å². The van der Waals surface area contributed by atoms with Crippen LogP contribution in [0.4, 0.5) is 0 Å². The molecule has 0 saturated carbocycles. The minimum Gasteiger partial charge on any atom is -1.00 e. The maximum Gasteiger partial charge on any atom is 2.00 e. The van der Waals surface area contributed by atoms with Crippen LogP contribution in [0.15, 0.2) is 0 Å². The molecule has 7 N–H and O–H groups in total. The second-order valence-corrected chi connectivity index (χ2v) is 3.21. The van der Waals surface area contributed by atoms with Gasteiger partial charge in [-0.2, -0.15) is 0 Å². The minimum absolute atomic E-state index is 0. The van der Waals surface area contributed by atoms with Crippen LogP contribution in [-0.2, 0) is 8.78 Å². The van der Waals surface area contributed by atoms with Crippen molar-refractivity contribution in [1.29, 1.82) is 0 Å². The second-order valence-electron chi connectivity index (χ2n) is 0.889. The van der Waals surface area contributed by atoms with Gasteiger partial charge in [-0.3, -0.25) is 0 Å². The maximum atomic E-state index is 9.38. The van der Waals surface area contributed by atoms with Crippen molar-refractivity contribution >= 4 is 55.0 Å². The molecule has 0 radical (unpaired) electrons. The Bertz CT molecular complexity index is 105. The third-order valence-electron chi connectivity index (χ3n) is 0.197. The molecule has 0 aromatic heterocycles. The third kappa shape index (κ3) is 24.6. The zero-order valence-electron chi connectivity index (χ0n) is 7.22. The molecule has 1 unspecified atom stereocenters. The average molecular weight is 236 g/mol. The Hall–Kier alpha value is 1.30. The number of hydrogen-bond acceptors (Lipinski definition) is 6. The molecule has 0 amide bonds. The molecule has 68 valence electrons. The van der Waals surface area contributed by atoms with Crippen molar-refractivity contribution in [3.63, 3.8) is 0 Å². The fourth-order valence-corrected chi connectivity index (χ4v) is 0.900. The van der Waals surface area contributed by atoms with Crippen LogP contribution < -0.4 is 4.89 Å². The summed E-state index contributed by atoms with van der Waals surface area (Å²) < 4.78 is 12.6. The Morgan fingerprint density at radius 3 is 1.64 bits per heavy atom. The monoisotopic (exact) mass is 236 g/mol. The molecule has 11 heteroatoms. The molecule has 8 nitrogen and oxygen atoms in total. The number of hydrogen-bond donors (Lipinski definition) is 3. The molecule has 0 aliphatic heterocycles. The molecule has 0 fully saturated rings. The maximum absolute atomic E-state index is 9.38. The Morgan fingerprint density at radius 1 is 1.36 bits per heavy atom. The van der Waals surface area contributed by atoms with E-state index in [1.807, 2.05) is 0 Å². The average Bonchev–Trinajstić information content (AvgIpc) is 1.21. The molecular formula is H9CaO8PSi. The predicted molar refractivity (Wildman–Crippen MR) is 36.3 cm³/mol. The summed E-state index contributed by atoms with van der Waals surface area (Å²) in [6, 6.07) is 0. The van der Waals surface area contributed by atoms with Crippen LogP contribution in [0, 0.1) is 0 Å². The van der Waals surface area contributed by atoms with Crippen LogP contribution >= 0.6 is 8.25 Å². The van der Waals surface area contributed by atoms with Gasteiger partial charge in [0.15, 0.2) is 0 Å². The third-order valence-corrected chi connectivity index (χ3v) is 1.77. The number of rotatable bonds is 2. The van der Waals surface area contributed by atoms with Crippen molar-refractivity contribution in [3.8, 4) is 0 Å². The fraction of sp³-hybridized carbons (Fsp3) is 0. The summed E-state index contributed by atoms with van der Waals surface area (Å²) in [5.74, 6) is 0. The molecule has 0 aromatic carbocycles. The first-order valence-electron chi connectivity index (χ1n) is 1.42. The van der Waals surface area contributed by atoms with E-state index in [0.717, 1.165) is 0 Å². The van der Waals surface area contributed by atoms with E-state index in [0.29, 0.717) is 0 Å². The van der Waals surface area contributed by atoms with Gasteiger partial charge in [0.1, 0.15) is 0 Å². The SMILES string of the molecule is O.O.O=[P+]([O-])O[Si](O)(O)O.[Ca+2].[H-].[H-]. The topological polar surface area (TPSA) is 173 Å². The Kier molecular flexibility index (Phi) is 19.5. The Balaban J connectivity index is -0.0000000245. The fourth-order valence-electron chi connectivity index (χ4n) is 0.100. The molecular weight excluding hydrogens is 227 g/mol. The first kappa shape index (κ1) is 22.8. The summed E-state index contributed by atoms with van der Waals surface area (Å²) in [5, 5.41) is 0. The zero-order chi connectivity index (χ0) is 6.78. The van der Waals surface area contributed by atoms with Crippen molar-refractivity contribution in [2.24, 2.45) is 0 Å². The largest absolute Gasteiger partial charge is 2.00 e. The van der Waals surface area contributed by atoms with Crippen molar-refractivity contribution < 1.29 is 41.9 Å². The zero-order valence-corrected chi connectivity index (χ0v) is 9.32. The summed E-state index contributed by atoms with van der Waals surface area (Å²) in [6.45, 7) is 0. The van der Waals surface area contributed by atoms with Gasteiger partial charge in [-0.05, 0) is 4.57 Å². The van der Waals surface area contributed by atoms with E-state index >= 15 is 0 Å². The van der Waals surface area contributed by atoms with Crippen LogP contribution in [0.2, 0.25) is 0 Å². The summed E-state index contributed by atoms with van der Waals surface area (Å²) in [4.78, 5) is 32.9. The van der Waals surface area contributed by atoms with Crippen LogP contribution in [-0.4, -0.2) is 72.1 Å². The summed E-state index contributed by atoms with van der Waals surface area (Å²) in [6.07, 6.45) is 0. The van der Waals surface area contributed by atoms with E-state index in [9.17, 15) is 9.46 Å². The van der Waals surface area contributed by atoms with E-state index in [4.69, 9.17) is 14.4 Å². The first-order valence-corrected chi connectivity index (χ1v) is 4.27. The van der Waals surface area contributed by atoms with E-state index in [-0.39, 0.29) is 51.5 Å². The molecule has 0 bridgehead atoms. The van der Waals surface area contributed by atoms with Crippen LogP contribution in [0.3, 0.4) is 0 Å².